The molecule has 7 heteroatoms. The highest BCUT2D eigenvalue weighted by Gasteiger charge is 2.48. The lowest BCUT2D eigenvalue weighted by Gasteiger charge is -2.55. The van der Waals surface area contributed by atoms with Gasteiger partial charge in [-0.3, -0.25) is 0 Å². The van der Waals surface area contributed by atoms with Crippen LogP contribution in [-0.4, -0.2) is 58.7 Å². The number of hydrogen-bond acceptors (Lipinski definition) is 7. The Hall–Kier alpha value is -1.73. The molecule has 1 aliphatic carbocycles. The van der Waals surface area contributed by atoms with Crippen LogP contribution in [0, 0.1) is 17.8 Å². The Kier molecular flexibility index (Phi) is 3.86. The molecule has 4 bridgehead atoms. The molecular weight excluding hydrogens is 358 g/mol. The largest absolute Gasteiger partial charge is 0.466 e. The maximum absolute atomic E-state index is 6.43. The van der Waals surface area contributed by atoms with Crippen LogP contribution in [0.4, 0.5) is 5.95 Å². The Morgan fingerprint density at radius 1 is 0.926 bits per heavy atom. The van der Waals surface area contributed by atoms with E-state index in [0.717, 1.165) is 40.6 Å². The molecule has 0 N–H and O–H groups in total. The van der Waals surface area contributed by atoms with Crippen molar-refractivity contribution in [3.63, 3.8) is 0 Å². The summed E-state index contributed by atoms with van der Waals surface area (Å²) in [6, 6.07) is 0. The Labute approximate surface area is 163 Å². The molecule has 2 aromatic rings. The molecule has 0 aromatic carbocycles. The molecule has 5 aliphatic rings. The minimum atomic E-state index is 0.352. The normalized spacial score (nSPS) is 34.4. The summed E-state index contributed by atoms with van der Waals surface area (Å²) >= 11 is 1.63. The van der Waals surface area contributed by atoms with Crippen LogP contribution >= 0.6 is 11.3 Å². The van der Waals surface area contributed by atoms with Crippen LogP contribution in [-0.2, 0) is 0 Å². The van der Waals surface area contributed by atoms with Crippen molar-refractivity contribution in [1.82, 2.24) is 19.9 Å². The Morgan fingerprint density at radius 3 is 2.37 bits per heavy atom. The van der Waals surface area contributed by atoms with Gasteiger partial charge in [0.05, 0.1) is 4.88 Å². The predicted molar refractivity (Wildman–Crippen MR) is 105 cm³/mol. The molecule has 0 amide bonds. The molecule has 6 nitrogen and oxygen atoms in total. The molecule has 2 aromatic heterocycles. The lowest BCUT2D eigenvalue weighted by atomic mass is 9.66. The van der Waals surface area contributed by atoms with Gasteiger partial charge in [0.2, 0.25) is 5.95 Å². The number of thiazole rings is 1. The van der Waals surface area contributed by atoms with E-state index in [-0.39, 0.29) is 0 Å². The second-order valence-electron chi connectivity index (χ2n) is 8.61. The van der Waals surface area contributed by atoms with E-state index in [1.165, 1.54) is 45.3 Å². The minimum absolute atomic E-state index is 0.352. The van der Waals surface area contributed by atoms with Crippen LogP contribution in [0.1, 0.15) is 25.7 Å². The zero-order valence-corrected chi connectivity index (χ0v) is 16.3. The van der Waals surface area contributed by atoms with Gasteiger partial charge in [-0.1, -0.05) is 11.3 Å². The molecule has 4 aliphatic heterocycles. The zero-order valence-electron chi connectivity index (χ0n) is 15.5. The van der Waals surface area contributed by atoms with Crippen molar-refractivity contribution in [3.8, 4) is 15.6 Å². The topological polar surface area (TPSA) is 54.4 Å². The summed E-state index contributed by atoms with van der Waals surface area (Å²) in [6.45, 7) is 5.87. The van der Waals surface area contributed by atoms with Crippen LogP contribution in [0.25, 0.3) is 10.4 Å². The molecule has 1 saturated carbocycles. The van der Waals surface area contributed by atoms with Gasteiger partial charge in [-0.2, -0.15) is 0 Å². The van der Waals surface area contributed by atoms with Crippen molar-refractivity contribution in [3.05, 3.63) is 18.6 Å². The van der Waals surface area contributed by atoms with Crippen molar-refractivity contribution in [2.45, 2.75) is 31.8 Å². The molecule has 5 fully saturated rings. The molecule has 2 unspecified atom stereocenters. The standard InChI is InChI=1S/C20H25N5OS/c1-2-4-25(3-1)19-21-7-16(8-22-19)17-9-23-20(27-17)26-18-14-5-13-6-15(18)12-24(10-13)11-14/h7-9,13-15,18H,1-6,10-12H2. The van der Waals surface area contributed by atoms with Gasteiger partial charge in [-0.05, 0) is 31.6 Å². The van der Waals surface area contributed by atoms with Crippen LogP contribution in [0.5, 0.6) is 5.19 Å². The molecule has 7 rings (SSSR count). The van der Waals surface area contributed by atoms with E-state index in [2.05, 4.69) is 24.8 Å². The fraction of sp³-hybridized carbons (Fsp3) is 0.650. The van der Waals surface area contributed by atoms with Gasteiger partial charge in [0.15, 0.2) is 0 Å². The highest BCUT2D eigenvalue weighted by Crippen LogP contribution is 2.45. The predicted octanol–water partition coefficient (Wildman–Crippen LogP) is 2.92. The zero-order chi connectivity index (χ0) is 17.8. The van der Waals surface area contributed by atoms with E-state index < -0.39 is 0 Å². The number of anilines is 1. The summed E-state index contributed by atoms with van der Waals surface area (Å²) in [7, 11) is 0. The molecule has 0 radical (unpaired) electrons. The van der Waals surface area contributed by atoms with Crippen molar-refractivity contribution < 1.29 is 4.74 Å². The first-order chi connectivity index (χ1) is 13.3. The van der Waals surface area contributed by atoms with Crippen LogP contribution in [0.3, 0.4) is 0 Å². The van der Waals surface area contributed by atoms with Gasteiger partial charge in [0.1, 0.15) is 6.10 Å². The molecule has 2 atom stereocenters. The Bertz CT molecular complexity index is 788. The van der Waals surface area contributed by atoms with Crippen molar-refractivity contribution in [2.24, 2.45) is 17.8 Å². The molecule has 27 heavy (non-hydrogen) atoms. The highest BCUT2D eigenvalue weighted by molar-refractivity contribution is 7.16. The fourth-order valence-corrected chi connectivity index (χ4v) is 6.43. The number of piperidine rings is 3. The second-order valence-corrected chi connectivity index (χ2v) is 9.61. The van der Waals surface area contributed by atoms with Gasteiger partial charge in [0.25, 0.3) is 5.19 Å². The van der Waals surface area contributed by atoms with Crippen LogP contribution in [0.15, 0.2) is 18.6 Å². The Balaban J connectivity index is 1.17. The first kappa shape index (κ1) is 16.2. The van der Waals surface area contributed by atoms with Gasteiger partial charge in [-0.25, -0.2) is 15.0 Å². The summed E-state index contributed by atoms with van der Waals surface area (Å²) in [6.07, 6.45) is 11.3. The summed E-state index contributed by atoms with van der Waals surface area (Å²) in [4.78, 5) is 19.7. The van der Waals surface area contributed by atoms with E-state index in [1.54, 1.807) is 11.3 Å². The maximum Gasteiger partial charge on any atom is 0.274 e. The smallest absolute Gasteiger partial charge is 0.274 e. The highest BCUT2D eigenvalue weighted by atomic mass is 32.1. The Morgan fingerprint density at radius 2 is 1.67 bits per heavy atom. The molecular formula is C20H25N5OS. The number of rotatable bonds is 4. The van der Waals surface area contributed by atoms with Gasteiger partial charge < -0.3 is 14.5 Å². The summed E-state index contributed by atoms with van der Waals surface area (Å²) in [5, 5.41) is 0.807. The monoisotopic (exact) mass is 383 g/mol. The average molecular weight is 384 g/mol. The van der Waals surface area contributed by atoms with E-state index in [4.69, 9.17) is 4.74 Å². The number of ether oxygens (including phenoxy) is 1. The minimum Gasteiger partial charge on any atom is -0.466 e. The molecule has 4 saturated heterocycles. The van der Waals surface area contributed by atoms with Gasteiger partial charge in [0, 0.05) is 68.7 Å². The van der Waals surface area contributed by atoms with Crippen LogP contribution < -0.4 is 9.64 Å². The molecule has 6 heterocycles. The summed E-state index contributed by atoms with van der Waals surface area (Å²) in [5.74, 6) is 3.12. The third-order valence-electron chi connectivity index (χ3n) is 6.74. The number of hydrogen-bond donors (Lipinski definition) is 0. The van der Waals surface area contributed by atoms with Crippen LogP contribution in [0.2, 0.25) is 0 Å². The lowest BCUT2D eigenvalue weighted by Crippen LogP contribution is -2.61. The summed E-state index contributed by atoms with van der Waals surface area (Å²) < 4.78 is 6.43. The third kappa shape index (κ3) is 2.91. The van der Waals surface area contributed by atoms with E-state index >= 15 is 0 Å². The lowest BCUT2D eigenvalue weighted by molar-refractivity contribution is -0.0985. The first-order valence-electron chi connectivity index (χ1n) is 10.2. The van der Waals surface area contributed by atoms with Crippen molar-refractivity contribution in [1.29, 1.82) is 0 Å². The van der Waals surface area contributed by atoms with Gasteiger partial charge in [-0.15, -0.1) is 0 Å². The van der Waals surface area contributed by atoms with E-state index in [0.29, 0.717) is 17.9 Å². The average Bonchev–Trinajstić information content (AvgIpc) is 3.36. The second kappa shape index (κ2) is 6.41. The van der Waals surface area contributed by atoms with Crippen molar-refractivity contribution >= 4 is 17.3 Å². The summed E-state index contributed by atoms with van der Waals surface area (Å²) in [5.41, 5.74) is 1.03. The maximum atomic E-state index is 6.43. The van der Waals surface area contributed by atoms with E-state index in [1.807, 2.05) is 18.6 Å². The van der Waals surface area contributed by atoms with E-state index in [9.17, 15) is 0 Å². The number of aromatic nitrogens is 3. The van der Waals surface area contributed by atoms with Gasteiger partial charge >= 0.3 is 0 Å². The SMILES string of the molecule is c1nc(N2CCCC2)ncc1-c1cnc(OC2C3CC4CC2CN(C4)C3)s1. The fourth-order valence-electron chi connectivity index (χ4n) is 5.65. The number of nitrogens with zero attached hydrogens (tertiary/aromatic N) is 5. The quantitative estimate of drug-likeness (QED) is 0.809. The third-order valence-corrected chi connectivity index (χ3v) is 7.67. The molecule has 142 valence electrons. The first-order valence-corrected chi connectivity index (χ1v) is 11.1. The molecule has 0 spiro atoms. The van der Waals surface area contributed by atoms with Crippen molar-refractivity contribution in [2.75, 3.05) is 37.6 Å².